The standard InChI is InChI=1S/C29H31N3O3/c1-19(11-12-20-7-3-2-4-8-20)31-27(33)25-24-13-15-29(35-24)18-32(28(34)26(25)29)16-14-21-17-30-23-10-6-5-9-22(21)23/h2-10,13,15,17,19,24-26,30H,11-12,14,16,18H2,1H3,(H,31,33). The first-order valence-corrected chi connectivity index (χ1v) is 12.6. The van der Waals surface area contributed by atoms with Crippen molar-refractivity contribution >= 4 is 22.7 Å². The van der Waals surface area contributed by atoms with E-state index in [1.165, 1.54) is 16.5 Å². The van der Waals surface area contributed by atoms with Gasteiger partial charge in [-0.25, -0.2) is 0 Å². The van der Waals surface area contributed by atoms with Gasteiger partial charge in [0.15, 0.2) is 0 Å². The smallest absolute Gasteiger partial charge is 0.230 e. The molecule has 1 spiro atoms. The number of carbonyl (C=O) groups excluding carboxylic acids is 2. The van der Waals surface area contributed by atoms with E-state index >= 15 is 0 Å². The van der Waals surface area contributed by atoms with Crippen LogP contribution in [0.1, 0.15) is 24.5 Å². The lowest BCUT2D eigenvalue weighted by atomic mass is 9.76. The number of nitrogens with zero attached hydrogens (tertiary/aromatic N) is 1. The zero-order chi connectivity index (χ0) is 24.0. The van der Waals surface area contributed by atoms with Crippen molar-refractivity contribution < 1.29 is 14.3 Å². The zero-order valence-electron chi connectivity index (χ0n) is 19.9. The number of hydrogen-bond donors (Lipinski definition) is 2. The third-order valence-electron chi connectivity index (χ3n) is 7.90. The predicted octanol–water partition coefficient (Wildman–Crippen LogP) is 3.63. The molecule has 0 radical (unpaired) electrons. The lowest BCUT2D eigenvalue weighted by Crippen LogP contribution is -2.46. The molecule has 5 unspecified atom stereocenters. The largest absolute Gasteiger partial charge is 0.361 e. The number of fused-ring (bicyclic) bond motifs is 2. The van der Waals surface area contributed by atoms with Crippen LogP contribution in [0.3, 0.4) is 0 Å². The van der Waals surface area contributed by atoms with Crippen LogP contribution in [0.2, 0.25) is 0 Å². The molecule has 2 N–H and O–H groups in total. The molecule has 3 aromatic rings. The van der Waals surface area contributed by atoms with Gasteiger partial charge in [0.05, 0.1) is 24.5 Å². The minimum atomic E-state index is -0.669. The lowest BCUT2D eigenvalue weighted by Gasteiger charge is -2.25. The summed E-state index contributed by atoms with van der Waals surface area (Å²) >= 11 is 0. The number of likely N-dealkylation sites (tertiary alicyclic amines) is 1. The summed E-state index contributed by atoms with van der Waals surface area (Å²) in [4.78, 5) is 32.1. The van der Waals surface area contributed by atoms with Crippen LogP contribution >= 0.6 is 0 Å². The zero-order valence-corrected chi connectivity index (χ0v) is 19.9. The van der Waals surface area contributed by atoms with Crippen molar-refractivity contribution in [2.75, 3.05) is 13.1 Å². The van der Waals surface area contributed by atoms with Crippen LogP contribution < -0.4 is 5.32 Å². The molecule has 4 heterocycles. The molecule has 0 aliphatic carbocycles. The molecule has 35 heavy (non-hydrogen) atoms. The van der Waals surface area contributed by atoms with Crippen molar-refractivity contribution in [1.29, 1.82) is 0 Å². The number of aromatic amines is 1. The predicted molar refractivity (Wildman–Crippen MR) is 135 cm³/mol. The van der Waals surface area contributed by atoms with Crippen LogP contribution in [0.5, 0.6) is 0 Å². The van der Waals surface area contributed by atoms with E-state index in [1.54, 1.807) is 0 Å². The second kappa shape index (κ2) is 8.68. The van der Waals surface area contributed by atoms with Crippen molar-refractivity contribution in [3.63, 3.8) is 0 Å². The molecule has 2 aromatic carbocycles. The molecular weight excluding hydrogens is 438 g/mol. The summed E-state index contributed by atoms with van der Waals surface area (Å²) in [7, 11) is 0. The third kappa shape index (κ3) is 3.86. The van der Waals surface area contributed by atoms with Crippen LogP contribution in [-0.4, -0.2) is 52.5 Å². The fourth-order valence-corrected chi connectivity index (χ4v) is 6.10. The molecular formula is C29H31N3O3. The topological polar surface area (TPSA) is 74.4 Å². The van der Waals surface area contributed by atoms with Gasteiger partial charge in [0.1, 0.15) is 5.60 Å². The summed E-state index contributed by atoms with van der Waals surface area (Å²) in [5, 5.41) is 4.36. The number of benzene rings is 2. The van der Waals surface area contributed by atoms with E-state index in [2.05, 4.69) is 34.6 Å². The van der Waals surface area contributed by atoms with E-state index in [1.807, 2.05) is 60.5 Å². The number of ether oxygens (including phenoxy) is 1. The Morgan fingerprint density at radius 2 is 1.97 bits per heavy atom. The molecule has 3 aliphatic heterocycles. The molecule has 2 amide bonds. The minimum Gasteiger partial charge on any atom is -0.361 e. The number of hydrogen-bond acceptors (Lipinski definition) is 3. The Bertz CT molecular complexity index is 1280. The fraction of sp³-hybridized carbons (Fsp3) is 0.379. The number of para-hydroxylation sites is 1. The number of H-pyrrole nitrogens is 1. The van der Waals surface area contributed by atoms with Gasteiger partial charge in [0.25, 0.3) is 0 Å². The van der Waals surface area contributed by atoms with Crippen LogP contribution in [0.25, 0.3) is 10.9 Å². The summed E-state index contributed by atoms with van der Waals surface area (Å²) in [5.74, 6) is -0.945. The summed E-state index contributed by atoms with van der Waals surface area (Å²) in [6, 6.07) is 18.5. The molecule has 180 valence electrons. The molecule has 2 fully saturated rings. The molecule has 6 nitrogen and oxygen atoms in total. The number of nitrogens with one attached hydrogen (secondary N) is 2. The highest BCUT2D eigenvalue weighted by Crippen LogP contribution is 2.51. The van der Waals surface area contributed by atoms with Gasteiger partial charge in [-0.1, -0.05) is 60.7 Å². The summed E-state index contributed by atoms with van der Waals surface area (Å²) < 4.78 is 6.30. The Labute approximate surface area is 205 Å². The lowest BCUT2D eigenvalue weighted by molar-refractivity contribution is -0.137. The normalized spacial score (nSPS) is 27.5. The van der Waals surface area contributed by atoms with Crippen molar-refractivity contribution in [2.24, 2.45) is 11.8 Å². The van der Waals surface area contributed by atoms with Gasteiger partial charge < -0.3 is 19.9 Å². The molecule has 5 atom stereocenters. The molecule has 3 aliphatic rings. The maximum Gasteiger partial charge on any atom is 0.230 e. The molecule has 6 rings (SSSR count). The van der Waals surface area contributed by atoms with Gasteiger partial charge in [-0.2, -0.15) is 0 Å². The molecule has 0 saturated carbocycles. The maximum atomic E-state index is 13.5. The van der Waals surface area contributed by atoms with E-state index in [-0.39, 0.29) is 24.0 Å². The Kier molecular flexibility index (Phi) is 5.49. The first kappa shape index (κ1) is 22.1. The van der Waals surface area contributed by atoms with Crippen molar-refractivity contribution in [3.8, 4) is 0 Å². The Hall–Kier alpha value is -3.38. The number of carbonyl (C=O) groups is 2. The van der Waals surface area contributed by atoms with Crippen LogP contribution in [0, 0.1) is 11.8 Å². The van der Waals surface area contributed by atoms with E-state index in [9.17, 15) is 9.59 Å². The van der Waals surface area contributed by atoms with Gasteiger partial charge in [-0.15, -0.1) is 0 Å². The summed E-state index contributed by atoms with van der Waals surface area (Å²) in [5.41, 5.74) is 2.89. The SMILES string of the molecule is CC(CCc1ccccc1)NC(=O)C1C2C=CC3(CN(CCc4c[nH]c5ccccc45)C(=O)C13)O2. The minimum absolute atomic E-state index is 0.0243. The summed E-state index contributed by atoms with van der Waals surface area (Å²) in [6.45, 7) is 3.16. The van der Waals surface area contributed by atoms with Crippen molar-refractivity contribution in [1.82, 2.24) is 15.2 Å². The van der Waals surface area contributed by atoms with Gasteiger partial charge in [0, 0.05) is 29.7 Å². The van der Waals surface area contributed by atoms with Crippen molar-refractivity contribution in [2.45, 2.75) is 43.9 Å². The fourth-order valence-electron chi connectivity index (χ4n) is 6.10. The highest BCUT2D eigenvalue weighted by Gasteiger charge is 2.66. The number of aromatic nitrogens is 1. The Balaban J connectivity index is 1.11. The molecule has 1 aromatic heterocycles. The number of aryl methyl sites for hydroxylation is 1. The maximum absolute atomic E-state index is 13.5. The monoisotopic (exact) mass is 469 g/mol. The first-order valence-electron chi connectivity index (χ1n) is 12.6. The van der Waals surface area contributed by atoms with Gasteiger partial charge >= 0.3 is 0 Å². The number of rotatable bonds is 8. The van der Waals surface area contributed by atoms with Crippen LogP contribution in [-0.2, 0) is 27.2 Å². The highest BCUT2D eigenvalue weighted by atomic mass is 16.5. The van der Waals surface area contributed by atoms with Gasteiger partial charge in [0.2, 0.25) is 11.8 Å². The van der Waals surface area contributed by atoms with E-state index in [4.69, 9.17) is 4.74 Å². The summed E-state index contributed by atoms with van der Waals surface area (Å²) in [6.07, 6.45) is 8.23. The van der Waals surface area contributed by atoms with Crippen molar-refractivity contribution in [3.05, 3.63) is 84.1 Å². The van der Waals surface area contributed by atoms with Gasteiger partial charge in [-0.05, 0) is 43.4 Å². The quantitative estimate of drug-likeness (QED) is 0.495. The van der Waals surface area contributed by atoms with Crippen LogP contribution in [0.4, 0.5) is 0 Å². The Morgan fingerprint density at radius 1 is 1.17 bits per heavy atom. The average molecular weight is 470 g/mol. The molecule has 2 bridgehead atoms. The second-order valence-corrected chi connectivity index (χ2v) is 10.2. The highest BCUT2D eigenvalue weighted by molar-refractivity contribution is 5.93. The van der Waals surface area contributed by atoms with Crippen LogP contribution in [0.15, 0.2) is 72.9 Å². The molecule has 2 saturated heterocycles. The van der Waals surface area contributed by atoms with E-state index in [0.29, 0.717) is 13.1 Å². The number of amides is 2. The first-order chi connectivity index (χ1) is 17.0. The average Bonchev–Trinajstić information content (AvgIpc) is 3.62. The van der Waals surface area contributed by atoms with Gasteiger partial charge in [-0.3, -0.25) is 9.59 Å². The van der Waals surface area contributed by atoms with E-state index in [0.717, 1.165) is 24.8 Å². The third-order valence-corrected chi connectivity index (χ3v) is 7.90. The van der Waals surface area contributed by atoms with E-state index < -0.39 is 17.4 Å². The molecule has 6 heteroatoms. The Morgan fingerprint density at radius 3 is 2.83 bits per heavy atom. The second-order valence-electron chi connectivity index (χ2n) is 10.2.